The summed E-state index contributed by atoms with van der Waals surface area (Å²) < 4.78 is 0. The number of hydrogen-bond donors (Lipinski definition) is 0. The zero-order valence-corrected chi connectivity index (χ0v) is 30.0. The molecule has 0 aliphatic heterocycles. The van der Waals surface area contributed by atoms with E-state index in [1.165, 1.54) is 71.0 Å². The minimum absolute atomic E-state index is 0.0268. The normalized spacial score (nSPS) is 22.9. The Balaban J connectivity index is 0.994. The second kappa shape index (κ2) is 12.2. The molecule has 5 aliphatic rings. The van der Waals surface area contributed by atoms with Gasteiger partial charge in [-0.3, -0.25) is 0 Å². The summed E-state index contributed by atoms with van der Waals surface area (Å²) in [6.07, 6.45) is 6.65. The van der Waals surface area contributed by atoms with Crippen molar-refractivity contribution in [2.24, 2.45) is 23.7 Å². The SMILES string of the molecule is N#Cc1ccc2c(c1)C1(c3c(-c4cccc(-c5ccc(-c6nc(-c7ccccc7)nc(-c7ccccc7)n6)cc5)c4)cccc3-2)C2CC3CC(C2)CC1C3. The van der Waals surface area contributed by atoms with E-state index in [-0.39, 0.29) is 5.41 Å². The van der Waals surface area contributed by atoms with Crippen LogP contribution >= 0.6 is 0 Å². The Labute approximate surface area is 316 Å². The first-order valence-electron chi connectivity index (χ1n) is 19.4. The van der Waals surface area contributed by atoms with Crippen LogP contribution < -0.4 is 0 Å². The van der Waals surface area contributed by atoms with Crippen molar-refractivity contribution in [2.75, 3.05) is 0 Å². The van der Waals surface area contributed by atoms with Crippen molar-refractivity contribution in [1.82, 2.24) is 15.0 Å². The minimum Gasteiger partial charge on any atom is -0.208 e. The third-order valence-electron chi connectivity index (χ3n) is 13.1. The highest BCUT2D eigenvalue weighted by molar-refractivity contribution is 5.90. The fourth-order valence-electron chi connectivity index (χ4n) is 11.2. The number of fused-ring (bicyclic) bond motifs is 3. The Hall–Kier alpha value is -6.18. The quantitative estimate of drug-likeness (QED) is 0.180. The summed E-state index contributed by atoms with van der Waals surface area (Å²) in [7, 11) is 0. The molecule has 0 atom stereocenters. The van der Waals surface area contributed by atoms with Crippen LogP contribution in [0.5, 0.6) is 0 Å². The minimum atomic E-state index is -0.0268. The van der Waals surface area contributed by atoms with Gasteiger partial charge in [0, 0.05) is 22.1 Å². The second-order valence-corrected chi connectivity index (χ2v) is 16.0. The van der Waals surface area contributed by atoms with Crippen molar-refractivity contribution >= 4 is 0 Å². The maximum Gasteiger partial charge on any atom is 0.164 e. The van der Waals surface area contributed by atoms with Gasteiger partial charge in [-0.05, 0) is 118 Å². The summed E-state index contributed by atoms with van der Waals surface area (Å²) in [6.45, 7) is 0. The summed E-state index contributed by atoms with van der Waals surface area (Å²) in [4.78, 5) is 14.8. The molecule has 1 aromatic heterocycles. The summed E-state index contributed by atoms with van der Waals surface area (Å²) in [5, 5.41) is 10.0. The van der Waals surface area contributed by atoms with Crippen molar-refractivity contribution in [3.05, 3.63) is 162 Å². The molecule has 4 heteroatoms. The Bertz CT molecular complexity index is 2530. The van der Waals surface area contributed by atoms with Crippen LogP contribution in [0.4, 0.5) is 0 Å². The molecule has 6 aromatic carbocycles. The average Bonchev–Trinajstić information content (AvgIpc) is 3.53. The van der Waals surface area contributed by atoms with E-state index in [0.717, 1.165) is 39.7 Å². The Morgan fingerprint density at radius 2 is 0.963 bits per heavy atom. The molecule has 0 unspecified atom stereocenters. The number of aromatic nitrogens is 3. The molecule has 12 rings (SSSR count). The molecule has 54 heavy (non-hydrogen) atoms. The molecular weight excluding hydrogens is 657 g/mol. The molecule has 1 heterocycles. The third kappa shape index (κ3) is 4.78. The zero-order valence-electron chi connectivity index (χ0n) is 30.0. The highest BCUT2D eigenvalue weighted by Crippen LogP contribution is 2.70. The highest BCUT2D eigenvalue weighted by atomic mass is 15.0. The van der Waals surface area contributed by atoms with E-state index in [9.17, 15) is 5.26 Å². The molecule has 4 nitrogen and oxygen atoms in total. The molecular formula is C50H38N4. The predicted molar refractivity (Wildman–Crippen MR) is 215 cm³/mol. The van der Waals surface area contributed by atoms with Gasteiger partial charge >= 0.3 is 0 Å². The number of nitrogens with zero attached hydrogens (tertiary/aromatic N) is 4. The summed E-state index contributed by atoms with van der Waals surface area (Å²) in [5.41, 5.74) is 14.2. The van der Waals surface area contributed by atoms with Gasteiger partial charge in [0.2, 0.25) is 0 Å². The van der Waals surface area contributed by atoms with Crippen LogP contribution in [-0.2, 0) is 5.41 Å². The van der Waals surface area contributed by atoms with Gasteiger partial charge < -0.3 is 0 Å². The number of benzene rings is 6. The van der Waals surface area contributed by atoms with Crippen molar-refractivity contribution in [2.45, 2.75) is 37.5 Å². The fraction of sp³-hybridized carbons (Fsp3) is 0.200. The largest absolute Gasteiger partial charge is 0.208 e. The Morgan fingerprint density at radius 3 is 1.57 bits per heavy atom. The molecule has 4 fully saturated rings. The van der Waals surface area contributed by atoms with E-state index in [1.54, 1.807) is 0 Å². The lowest BCUT2D eigenvalue weighted by Crippen LogP contribution is -2.55. The van der Waals surface area contributed by atoms with Crippen LogP contribution in [0.1, 0.15) is 48.8 Å². The molecule has 7 aromatic rings. The average molecular weight is 695 g/mol. The van der Waals surface area contributed by atoms with E-state index in [0.29, 0.717) is 29.3 Å². The van der Waals surface area contributed by atoms with Crippen LogP contribution in [-0.4, -0.2) is 15.0 Å². The van der Waals surface area contributed by atoms with Gasteiger partial charge in [-0.15, -0.1) is 0 Å². The predicted octanol–water partition coefficient (Wildman–Crippen LogP) is 11.8. The monoisotopic (exact) mass is 694 g/mol. The highest BCUT2D eigenvalue weighted by Gasteiger charge is 2.62. The zero-order chi connectivity index (χ0) is 35.8. The van der Waals surface area contributed by atoms with Gasteiger partial charge in [0.15, 0.2) is 17.5 Å². The van der Waals surface area contributed by atoms with E-state index >= 15 is 0 Å². The van der Waals surface area contributed by atoms with Gasteiger partial charge in [0.1, 0.15) is 0 Å². The van der Waals surface area contributed by atoms with Crippen molar-refractivity contribution in [1.29, 1.82) is 5.26 Å². The fourth-order valence-corrected chi connectivity index (χ4v) is 11.2. The van der Waals surface area contributed by atoms with E-state index in [1.807, 2.05) is 66.7 Å². The van der Waals surface area contributed by atoms with Crippen LogP contribution in [0.3, 0.4) is 0 Å². The molecule has 0 N–H and O–H groups in total. The molecule has 0 saturated heterocycles. The maximum absolute atomic E-state index is 10.0. The third-order valence-corrected chi connectivity index (χ3v) is 13.1. The standard InChI is InChI=1S/C50H38N4/c51-30-31-17-22-43-44-16-8-15-42(46(44)50(45(43)28-31)40-24-32-23-33(26-40)27-41(50)25-32)39-14-7-13-38(29-39)34-18-20-37(21-19-34)49-53-47(35-9-3-1-4-10-35)52-48(54-49)36-11-5-2-6-12-36/h1-22,28-29,32-33,40-41H,23-27H2. The number of rotatable bonds is 5. The van der Waals surface area contributed by atoms with Gasteiger partial charge in [-0.1, -0.05) is 127 Å². The smallest absolute Gasteiger partial charge is 0.164 e. The molecule has 0 amide bonds. The van der Waals surface area contributed by atoms with E-state index in [2.05, 4.69) is 84.9 Å². The molecule has 5 aliphatic carbocycles. The Morgan fingerprint density at radius 1 is 0.444 bits per heavy atom. The van der Waals surface area contributed by atoms with Gasteiger partial charge in [0.25, 0.3) is 0 Å². The van der Waals surface area contributed by atoms with Crippen molar-refractivity contribution in [3.63, 3.8) is 0 Å². The van der Waals surface area contributed by atoms with E-state index in [4.69, 9.17) is 15.0 Å². The van der Waals surface area contributed by atoms with Crippen LogP contribution in [0.25, 0.3) is 67.5 Å². The van der Waals surface area contributed by atoms with Gasteiger partial charge in [0.05, 0.1) is 11.6 Å². The number of nitriles is 1. The maximum atomic E-state index is 10.0. The van der Waals surface area contributed by atoms with Crippen LogP contribution in [0.15, 0.2) is 146 Å². The van der Waals surface area contributed by atoms with Gasteiger partial charge in [-0.2, -0.15) is 5.26 Å². The van der Waals surface area contributed by atoms with E-state index < -0.39 is 0 Å². The summed E-state index contributed by atoms with van der Waals surface area (Å²) in [5.74, 6) is 4.94. The summed E-state index contributed by atoms with van der Waals surface area (Å²) >= 11 is 0. The molecule has 4 saturated carbocycles. The second-order valence-electron chi connectivity index (χ2n) is 16.0. The summed E-state index contributed by atoms with van der Waals surface area (Å²) in [6, 6.07) is 53.9. The van der Waals surface area contributed by atoms with Crippen molar-refractivity contribution in [3.8, 4) is 73.6 Å². The molecule has 4 bridgehead atoms. The Kier molecular flexibility index (Phi) is 7.07. The molecule has 0 radical (unpaired) electrons. The van der Waals surface area contributed by atoms with Crippen LogP contribution in [0.2, 0.25) is 0 Å². The first-order chi connectivity index (χ1) is 26.7. The first kappa shape index (κ1) is 31.4. The first-order valence-corrected chi connectivity index (χ1v) is 19.4. The van der Waals surface area contributed by atoms with Crippen molar-refractivity contribution < 1.29 is 0 Å². The lowest BCUT2D eigenvalue weighted by molar-refractivity contribution is -0.0397. The number of hydrogen-bond acceptors (Lipinski definition) is 4. The topological polar surface area (TPSA) is 62.5 Å². The molecule has 258 valence electrons. The van der Waals surface area contributed by atoms with Crippen LogP contribution in [0, 0.1) is 35.0 Å². The molecule has 1 spiro atoms. The van der Waals surface area contributed by atoms with Gasteiger partial charge in [-0.25, -0.2) is 15.0 Å². The lowest BCUT2D eigenvalue weighted by atomic mass is 9.42. The lowest BCUT2D eigenvalue weighted by Gasteiger charge is -2.61.